The number of rotatable bonds is 1. The van der Waals surface area contributed by atoms with Crippen LogP contribution in [0.3, 0.4) is 0 Å². The van der Waals surface area contributed by atoms with Gasteiger partial charge in [-0.15, -0.1) is 0 Å². The second-order valence-corrected chi connectivity index (χ2v) is 2.11. The predicted octanol–water partition coefficient (Wildman–Crippen LogP) is 1.75. The van der Waals surface area contributed by atoms with Gasteiger partial charge in [0.05, 0.1) is 0 Å². The van der Waals surface area contributed by atoms with Crippen LogP contribution in [-0.2, 0) is 4.74 Å². The van der Waals surface area contributed by atoms with E-state index in [0.29, 0.717) is 6.51 Å². The minimum absolute atomic E-state index is 0.319. The smallest absolute Gasteiger partial charge is 0.104 e. The molecule has 0 aliphatic rings. The fourth-order valence-electron chi connectivity index (χ4n) is 0.534. The maximum atomic E-state index is 4.81. The topological polar surface area (TPSA) is 9.23 Å². The zero-order chi connectivity index (χ0) is 8.53. The summed E-state index contributed by atoms with van der Waals surface area (Å²) >= 11 is 0. The van der Waals surface area contributed by atoms with Crippen molar-refractivity contribution in [1.82, 2.24) is 0 Å². The summed E-state index contributed by atoms with van der Waals surface area (Å²) in [4.78, 5) is 0. The van der Waals surface area contributed by atoms with Crippen molar-refractivity contribution < 1.29 is 4.74 Å². The molecule has 58 valence electrons. The van der Waals surface area contributed by atoms with Crippen molar-refractivity contribution >= 4 is 7.85 Å². The van der Waals surface area contributed by atoms with Crippen LogP contribution < -0.4 is 0 Å². The normalized spacial score (nSPS) is 8.18. The largest absolute Gasteiger partial charge is 0.394 e. The number of ether oxygens (including phenoxy) is 1. The third-order valence-electron chi connectivity index (χ3n) is 1.11. The lowest BCUT2D eigenvalue weighted by molar-refractivity contribution is 0.254. The van der Waals surface area contributed by atoms with E-state index in [2.05, 4.69) is 23.8 Å². The molecule has 0 aromatic heterocycles. The van der Waals surface area contributed by atoms with Crippen LogP contribution in [0, 0.1) is 6.92 Å². The van der Waals surface area contributed by atoms with E-state index in [1.54, 1.807) is 7.11 Å². The molecule has 1 nitrogen and oxygen atoms in total. The lowest BCUT2D eigenvalue weighted by atomic mass is 10.2. The number of aryl methyl sites for hydroxylation is 1. The van der Waals surface area contributed by atoms with Crippen molar-refractivity contribution in [2.24, 2.45) is 0 Å². The minimum Gasteiger partial charge on any atom is -0.394 e. The first-order valence-electron chi connectivity index (χ1n) is 3.52. The van der Waals surface area contributed by atoms with Crippen LogP contribution in [0.1, 0.15) is 5.56 Å². The van der Waals surface area contributed by atoms with Crippen LogP contribution in [-0.4, -0.2) is 21.5 Å². The van der Waals surface area contributed by atoms with Gasteiger partial charge in [-0.05, 0) is 6.92 Å². The summed E-state index contributed by atoms with van der Waals surface area (Å²) in [7, 11) is 6.36. The van der Waals surface area contributed by atoms with E-state index < -0.39 is 0 Å². The predicted molar refractivity (Wildman–Crippen MR) is 48.8 cm³/mol. The Kier molecular flexibility index (Phi) is 6.85. The second kappa shape index (κ2) is 7.35. The molecule has 0 heterocycles. The first kappa shape index (κ1) is 10.2. The van der Waals surface area contributed by atoms with Crippen LogP contribution in [0.25, 0.3) is 0 Å². The Morgan fingerprint density at radius 2 is 1.73 bits per heavy atom. The van der Waals surface area contributed by atoms with Gasteiger partial charge in [0.15, 0.2) is 0 Å². The highest BCUT2D eigenvalue weighted by Crippen LogP contribution is 1.92. The van der Waals surface area contributed by atoms with Gasteiger partial charge in [0, 0.05) is 13.6 Å². The highest BCUT2D eigenvalue weighted by atomic mass is 16.5. The molecule has 0 aliphatic carbocycles. The zero-order valence-corrected chi connectivity index (χ0v) is 7.08. The van der Waals surface area contributed by atoms with Crippen molar-refractivity contribution in [3.8, 4) is 0 Å². The maximum Gasteiger partial charge on any atom is 0.104 e. The van der Waals surface area contributed by atoms with Crippen LogP contribution in [0.4, 0.5) is 0 Å². The Bertz CT molecular complexity index is 160. The van der Waals surface area contributed by atoms with Gasteiger partial charge >= 0.3 is 0 Å². The molecule has 0 amide bonds. The van der Waals surface area contributed by atoms with E-state index in [4.69, 9.17) is 7.85 Å². The summed E-state index contributed by atoms with van der Waals surface area (Å²) in [6, 6.07) is 10.3. The van der Waals surface area contributed by atoms with E-state index in [-0.39, 0.29) is 0 Å². The minimum atomic E-state index is 0.319. The number of hydrogen-bond donors (Lipinski definition) is 0. The molecular weight excluding hydrogens is 135 g/mol. The molecular formula is C9H13BO. The highest BCUT2D eigenvalue weighted by Gasteiger charge is 1.72. The highest BCUT2D eigenvalue weighted by molar-refractivity contribution is 6.08. The second-order valence-electron chi connectivity index (χ2n) is 2.11. The summed E-state index contributed by atoms with van der Waals surface area (Å²) in [5, 5.41) is 0. The van der Waals surface area contributed by atoms with Crippen LogP contribution >= 0.6 is 0 Å². The van der Waals surface area contributed by atoms with Crippen molar-refractivity contribution in [2.75, 3.05) is 13.6 Å². The summed E-state index contributed by atoms with van der Waals surface area (Å²) in [5.41, 5.74) is 1.32. The Balaban J connectivity index is 0.000000218. The summed E-state index contributed by atoms with van der Waals surface area (Å²) in [6.07, 6.45) is 0. The number of hydrogen-bond acceptors (Lipinski definition) is 1. The first-order valence-corrected chi connectivity index (χ1v) is 3.52. The Morgan fingerprint density at radius 1 is 1.27 bits per heavy atom. The summed E-state index contributed by atoms with van der Waals surface area (Å²) in [5.74, 6) is 0. The van der Waals surface area contributed by atoms with Gasteiger partial charge in [-0.1, -0.05) is 35.9 Å². The molecule has 0 aliphatic heterocycles. The van der Waals surface area contributed by atoms with Gasteiger partial charge in [0.2, 0.25) is 0 Å². The Morgan fingerprint density at radius 3 is 1.91 bits per heavy atom. The number of methoxy groups -OCH3 is 1. The molecule has 0 spiro atoms. The molecule has 2 heteroatoms. The third kappa shape index (κ3) is 7.14. The average molecular weight is 148 g/mol. The molecule has 0 saturated carbocycles. The molecule has 2 radical (unpaired) electrons. The van der Waals surface area contributed by atoms with Gasteiger partial charge in [0.1, 0.15) is 7.85 Å². The van der Waals surface area contributed by atoms with Gasteiger partial charge < -0.3 is 4.74 Å². The molecule has 0 atom stereocenters. The molecule has 11 heavy (non-hydrogen) atoms. The molecule has 0 saturated heterocycles. The summed E-state index contributed by atoms with van der Waals surface area (Å²) < 4.78 is 4.32. The molecule has 0 fully saturated rings. The molecule has 1 aromatic carbocycles. The van der Waals surface area contributed by atoms with E-state index in [9.17, 15) is 0 Å². The fraction of sp³-hybridized carbons (Fsp3) is 0.333. The van der Waals surface area contributed by atoms with E-state index in [0.717, 1.165) is 0 Å². The van der Waals surface area contributed by atoms with Crippen molar-refractivity contribution in [2.45, 2.75) is 6.92 Å². The average Bonchev–Trinajstić information content (AvgIpc) is 2.07. The lowest BCUT2D eigenvalue weighted by Gasteiger charge is -1.82. The van der Waals surface area contributed by atoms with Gasteiger partial charge in [-0.3, -0.25) is 0 Å². The summed E-state index contributed by atoms with van der Waals surface area (Å²) in [6.45, 7) is 2.40. The SMILES string of the molecule is Cc1ccccc1.[B]COC. The number of benzene rings is 1. The van der Waals surface area contributed by atoms with Crippen LogP contribution in [0.2, 0.25) is 0 Å². The van der Waals surface area contributed by atoms with E-state index in [1.165, 1.54) is 5.56 Å². The molecule has 0 unspecified atom stereocenters. The van der Waals surface area contributed by atoms with Gasteiger partial charge in [-0.25, -0.2) is 0 Å². The monoisotopic (exact) mass is 148 g/mol. The zero-order valence-electron chi connectivity index (χ0n) is 7.08. The van der Waals surface area contributed by atoms with Gasteiger partial charge in [-0.2, -0.15) is 0 Å². The Labute approximate surface area is 69.8 Å². The van der Waals surface area contributed by atoms with Crippen molar-refractivity contribution in [1.29, 1.82) is 0 Å². The molecule has 0 bridgehead atoms. The van der Waals surface area contributed by atoms with Crippen molar-refractivity contribution in [3.63, 3.8) is 0 Å². The molecule has 0 N–H and O–H groups in total. The first-order chi connectivity index (χ1) is 5.31. The van der Waals surface area contributed by atoms with E-state index >= 15 is 0 Å². The lowest BCUT2D eigenvalue weighted by Crippen LogP contribution is -1.80. The fourth-order valence-corrected chi connectivity index (χ4v) is 0.534. The molecule has 1 rings (SSSR count). The quantitative estimate of drug-likeness (QED) is 0.551. The van der Waals surface area contributed by atoms with Crippen LogP contribution in [0.5, 0.6) is 0 Å². The van der Waals surface area contributed by atoms with Crippen molar-refractivity contribution in [3.05, 3.63) is 35.9 Å². The maximum absolute atomic E-state index is 4.81. The van der Waals surface area contributed by atoms with E-state index in [1.807, 2.05) is 18.2 Å². The standard InChI is InChI=1S/C7H8.C2H5BO/c1-7-5-3-2-4-6-7;1-4-2-3/h2-6H,1H3;2H2,1H3. The third-order valence-corrected chi connectivity index (χ3v) is 1.11. The van der Waals surface area contributed by atoms with Crippen LogP contribution in [0.15, 0.2) is 30.3 Å². The van der Waals surface area contributed by atoms with Gasteiger partial charge in [0.25, 0.3) is 0 Å². The Hall–Kier alpha value is -0.755. The molecule has 1 aromatic rings.